The molecule has 2 aromatic heterocycles. The molecule has 3 aromatic rings. The van der Waals surface area contributed by atoms with Gasteiger partial charge in [-0.1, -0.05) is 24.3 Å². The quantitative estimate of drug-likeness (QED) is 0.639. The van der Waals surface area contributed by atoms with Gasteiger partial charge in [-0.05, 0) is 55.4 Å². The molecule has 1 aliphatic heterocycles. The lowest BCUT2D eigenvalue weighted by molar-refractivity contribution is -0.141. The lowest BCUT2D eigenvalue weighted by atomic mass is 9.98. The number of benzene rings is 1. The van der Waals surface area contributed by atoms with Crippen LogP contribution in [0.1, 0.15) is 29.8 Å². The second-order valence-corrected chi connectivity index (χ2v) is 8.55. The van der Waals surface area contributed by atoms with Gasteiger partial charge in [0.05, 0.1) is 0 Å². The summed E-state index contributed by atoms with van der Waals surface area (Å²) in [6.07, 6.45) is -2.20. The van der Waals surface area contributed by atoms with Crippen molar-refractivity contribution in [2.45, 2.75) is 38.5 Å². The third kappa shape index (κ3) is 3.45. The van der Waals surface area contributed by atoms with Crippen molar-refractivity contribution in [3.63, 3.8) is 0 Å². The summed E-state index contributed by atoms with van der Waals surface area (Å²) in [7, 11) is 0. The number of aromatic amines is 1. The number of pyridine rings is 1. The van der Waals surface area contributed by atoms with E-state index in [2.05, 4.69) is 40.4 Å². The van der Waals surface area contributed by atoms with Crippen molar-refractivity contribution < 1.29 is 13.2 Å². The van der Waals surface area contributed by atoms with Crippen molar-refractivity contribution in [1.29, 1.82) is 0 Å². The maximum absolute atomic E-state index is 13.0. The van der Waals surface area contributed by atoms with Crippen molar-refractivity contribution in [3.8, 4) is 0 Å². The van der Waals surface area contributed by atoms with Crippen molar-refractivity contribution in [2.24, 2.45) is 11.8 Å². The van der Waals surface area contributed by atoms with Gasteiger partial charge in [0.2, 0.25) is 0 Å². The van der Waals surface area contributed by atoms with Crippen LogP contribution in [0.2, 0.25) is 0 Å². The molecule has 158 valence electrons. The number of fused-ring (bicyclic) bond motifs is 2. The zero-order valence-electron chi connectivity index (χ0n) is 16.8. The molecular weight excluding hydrogens is 389 g/mol. The molecule has 0 amide bonds. The number of nitrogens with zero attached hydrogens (tertiary/aromatic N) is 2. The zero-order valence-corrected chi connectivity index (χ0v) is 16.8. The second-order valence-electron chi connectivity index (χ2n) is 8.55. The molecule has 1 aromatic carbocycles. The standard InChI is InChI=1S/C23H25F3N4/c1-14-16-5-2-3-6-19(16)28-20(14)11-27-18-10-9-15-12-30(13-17(15)18)22-8-4-7-21(29-22)23(24,25)26/h2-8,15,17-18,27-28H,9-13H2,1H3. The maximum Gasteiger partial charge on any atom is 0.433 e. The highest BCUT2D eigenvalue weighted by atomic mass is 19.4. The fourth-order valence-corrected chi connectivity index (χ4v) is 5.21. The minimum Gasteiger partial charge on any atom is -0.357 e. The Morgan fingerprint density at radius 3 is 2.73 bits per heavy atom. The molecule has 2 aliphatic rings. The van der Waals surface area contributed by atoms with E-state index in [0.717, 1.165) is 44.1 Å². The van der Waals surface area contributed by atoms with Gasteiger partial charge in [0.1, 0.15) is 11.5 Å². The predicted molar refractivity (Wildman–Crippen MR) is 111 cm³/mol. The highest BCUT2D eigenvalue weighted by Gasteiger charge is 2.43. The number of hydrogen-bond donors (Lipinski definition) is 2. The lowest BCUT2D eigenvalue weighted by Gasteiger charge is -2.23. The average molecular weight is 414 g/mol. The van der Waals surface area contributed by atoms with Gasteiger partial charge in [0.15, 0.2) is 0 Å². The van der Waals surface area contributed by atoms with Crippen LogP contribution in [-0.2, 0) is 12.7 Å². The average Bonchev–Trinajstić information content (AvgIpc) is 3.40. The topological polar surface area (TPSA) is 44.0 Å². The molecule has 1 saturated carbocycles. The number of hydrogen-bond acceptors (Lipinski definition) is 3. The van der Waals surface area contributed by atoms with E-state index in [9.17, 15) is 13.2 Å². The van der Waals surface area contributed by atoms with Crippen LogP contribution in [-0.4, -0.2) is 29.1 Å². The highest BCUT2D eigenvalue weighted by molar-refractivity contribution is 5.84. The Balaban J connectivity index is 1.27. The molecule has 0 spiro atoms. The van der Waals surface area contributed by atoms with Crippen LogP contribution in [0.5, 0.6) is 0 Å². The number of halogens is 3. The third-order valence-corrected chi connectivity index (χ3v) is 6.82. The van der Waals surface area contributed by atoms with E-state index in [1.54, 1.807) is 6.07 Å². The minimum absolute atomic E-state index is 0.372. The number of alkyl halides is 3. The van der Waals surface area contributed by atoms with Crippen LogP contribution in [0, 0.1) is 18.8 Å². The van der Waals surface area contributed by atoms with Crippen LogP contribution in [0.4, 0.5) is 19.0 Å². The molecule has 7 heteroatoms. The molecule has 1 saturated heterocycles. The van der Waals surface area contributed by atoms with Gasteiger partial charge in [-0.3, -0.25) is 0 Å². The molecule has 30 heavy (non-hydrogen) atoms. The van der Waals surface area contributed by atoms with Gasteiger partial charge in [0.25, 0.3) is 0 Å². The number of aryl methyl sites for hydroxylation is 1. The summed E-state index contributed by atoms with van der Waals surface area (Å²) in [5.41, 5.74) is 2.81. The Morgan fingerprint density at radius 1 is 1.10 bits per heavy atom. The summed E-state index contributed by atoms with van der Waals surface area (Å²) in [6.45, 7) is 4.45. The lowest BCUT2D eigenvalue weighted by Crippen LogP contribution is -2.35. The first kappa shape index (κ1) is 19.4. The monoisotopic (exact) mass is 414 g/mol. The number of para-hydroxylation sites is 1. The Hall–Kier alpha value is -2.54. The SMILES string of the molecule is Cc1c(CNC2CCC3CN(c4cccc(C(F)(F)F)n4)CC32)[nH]c2ccccc12. The number of anilines is 1. The third-order valence-electron chi connectivity index (χ3n) is 6.82. The number of rotatable bonds is 4. The van der Waals surface area contributed by atoms with Gasteiger partial charge in [0, 0.05) is 42.3 Å². The first-order valence-corrected chi connectivity index (χ1v) is 10.5. The number of nitrogens with one attached hydrogen (secondary N) is 2. The molecule has 0 radical (unpaired) electrons. The fourth-order valence-electron chi connectivity index (χ4n) is 5.21. The molecule has 4 nitrogen and oxygen atoms in total. The second kappa shape index (κ2) is 7.30. The number of H-pyrrole nitrogens is 1. The predicted octanol–water partition coefficient (Wildman–Crippen LogP) is 4.89. The van der Waals surface area contributed by atoms with E-state index < -0.39 is 11.9 Å². The zero-order chi connectivity index (χ0) is 20.9. The summed E-state index contributed by atoms with van der Waals surface area (Å²) in [6, 6.07) is 12.9. The minimum atomic E-state index is -4.41. The van der Waals surface area contributed by atoms with Crippen LogP contribution in [0.3, 0.4) is 0 Å². The van der Waals surface area contributed by atoms with Crippen molar-refractivity contribution in [3.05, 3.63) is 59.4 Å². The van der Waals surface area contributed by atoms with Gasteiger partial charge in [-0.2, -0.15) is 13.2 Å². The van der Waals surface area contributed by atoms with Crippen molar-refractivity contribution in [2.75, 3.05) is 18.0 Å². The van der Waals surface area contributed by atoms with E-state index >= 15 is 0 Å². The summed E-state index contributed by atoms with van der Waals surface area (Å²) in [4.78, 5) is 9.42. The van der Waals surface area contributed by atoms with Crippen LogP contribution < -0.4 is 10.2 Å². The highest BCUT2D eigenvalue weighted by Crippen LogP contribution is 2.40. The molecule has 5 rings (SSSR count). The van der Waals surface area contributed by atoms with Crippen molar-refractivity contribution in [1.82, 2.24) is 15.3 Å². The summed E-state index contributed by atoms with van der Waals surface area (Å²) >= 11 is 0. The summed E-state index contributed by atoms with van der Waals surface area (Å²) in [5, 5.41) is 4.97. The van der Waals surface area contributed by atoms with E-state index in [1.165, 1.54) is 22.7 Å². The van der Waals surface area contributed by atoms with Gasteiger partial charge < -0.3 is 15.2 Å². The number of aromatic nitrogens is 2. The van der Waals surface area contributed by atoms with E-state index in [0.29, 0.717) is 23.7 Å². The van der Waals surface area contributed by atoms with E-state index in [-0.39, 0.29) is 0 Å². The fraction of sp³-hybridized carbons (Fsp3) is 0.435. The van der Waals surface area contributed by atoms with Gasteiger partial charge in [-0.25, -0.2) is 4.98 Å². The van der Waals surface area contributed by atoms with Crippen LogP contribution >= 0.6 is 0 Å². The van der Waals surface area contributed by atoms with Crippen LogP contribution in [0.25, 0.3) is 10.9 Å². The molecule has 3 atom stereocenters. The van der Waals surface area contributed by atoms with Crippen LogP contribution in [0.15, 0.2) is 42.5 Å². The maximum atomic E-state index is 13.0. The first-order valence-electron chi connectivity index (χ1n) is 10.5. The molecule has 0 bridgehead atoms. The van der Waals surface area contributed by atoms with E-state index in [4.69, 9.17) is 0 Å². The Bertz CT molecular complexity index is 1060. The smallest absolute Gasteiger partial charge is 0.357 e. The Kier molecular flexibility index (Phi) is 4.73. The van der Waals surface area contributed by atoms with Crippen molar-refractivity contribution >= 4 is 16.7 Å². The molecule has 3 unspecified atom stereocenters. The van der Waals surface area contributed by atoms with Gasteiger partial charge in [-0.15, -0.1) is 0 Å². The molecule has 2 N–H and O–H groups in total. The Morgan fingerprint density at radius 2 is 1.93 bits per heavy atom. The normalized spacial score (nSPS) is 24.0. The largest absolute Gasteiger partial charge is 0.433 e. The van der Waals surface area contributed by atoms with E-state index in [1.807, 2.05) is 11.0 Å². The molecule has 2 fully saturated rings. The summed E-state index contributed by atoms with van der Waals surface area (Å²) in [5.74, 6) is 1.37. The Labute approximate surface area is 173 Å². The summed E-state index contributed by atoms with van der Waals surface area (Å²) < 4.78 is 39.1. The molecular formula is C23H25F3N4. The molecule has 1 aliphatic carbocycles. The first-order chi connectivity index (χ1) is 14.4. The molecule has 3 heterocycles. The van der Waals surface area contributed by atoms with Gasteiger partial charge >= 0.3 is 6.18 Å².